The van der Waals surface area contributed by atoms with E-state index in [1.807, 2.05) is 42.3 Å². The number of rotatable bonds is 4. The Hall–Kier alpha value is -2.36. The van der Waals surface area contributed by atoms with Crippen molar-refractivity contribution in [3.8, 4) is 0 Å². The van der Waals surface area contributed by atoms with Gasteiger partial charge in [0.15, 0.2) is 0 Å². The van der Waals surface area contributed by atoms with Gasteiger partial charge < -0.3 is 10.2 Å². The Morgan fingerprint density at radius 1 is 1.26 bits per heavy atom. The van der Waals surface area contributed by atoms with E-state index in [1.54, 1.807) is 0 Å². The fraction of sp³-hybridized carbons (Fsp3) is 0.368. The molecule has 1 aromatic heterocycles. The van der Waals surface area contributed by atoms with Gasteiger partial charge in [-0.2, -0.15) is 0 Å². The summed E-state index contributed by atoms with van der Waals surface area (Å²) in [6.07, 6.45) is 2.68. The molecule has 1 aliphatic heterocycles. The summed E-state index contributed by atoms with van der Waals surface area (Å²) in [4.78, 5) is 18.6. The van der Waals surface area contributed by atoms with Gasteiger partial charge in [-0.25, -0.2) is 4.79 Å². The molecule has 1 aliphatic rings. The Labute approximate surface area is 137 Å². The van der Waals surface area contributed by atoms with Crippen LogP contribution < -0.4 is 5.32 Å². The quantitative estimate of drug-likeness (QED) is 0.941. The van der Waals surface area contributed by atoms with Gasteiger partial charge in [0.05, 0.1) is 6.04 Å². The summed E-state index contributed by atoms with van der Waals surface area (Å²) in [6.45, 7) is 5.62. The molecule has 0 saturated carbocycles. The third kappa shape index (κ3) is 3.52. The van der Waals surface area contributed by atoms with E-state index in [9.17, 15) is 4.79 Å². The SMILES string of the molecule is Cc1ccc(CCNC(=O)N2CC(C)C2c2ccccc2)cn1. The fourth-order valence-electron chi connectivity index (χ4n) is 3.12. The smallest absolute Gasteiger partial charge is 0.317 e. The molecule has 1 aromatic carbocycles. The fourth-order valence-corrected chi connectivity index (χ4v) is 3.12. The first-order chi connectivity index (χ1) is 11.1. The average Bonchev–Trinajstić information content (AvgIpc) is 2.55. The van der Waals surface area contributed by atoms with Gasteiger partial charge in [-0.1, -0.05) is 43.3 Å². The standard InChI is InChI=1S/C19H23N3O/c1-14-13-22(18(14)17-6-4-3-5-7-17)19(23)20-11-10-16-9-8-15(2)21-12-16/h3-9,12,14,18H,10-11,13H2,1-2H3,(H,20,23). The Bertz CT molecular complexity index is 654. The lowest BCUT2D eigenvalue weighted by Gasteiger charge is -2.46. The lowest BCUT2D eigenvalue weighted by atomic mass is 9.85. The van der Waals surface area contributed by atoms with E-state index in [4.69, 9.17) is 0 Å². The number of carbonyl (C=O) groups excluding carboxylic acids is 1. The zero-order valence-corrected chi connectivity index (χ0v) is 13.7. The maximum atomic E-state index is 12.4. The molecule has 4 nitrogen and oxygen atoms in total. The molecule has 120 valence electrons. The molecule has 2 atom stereocenters. The number of nitrogens with one attached hydrogen (secondary N) is 1. The van der Waals surface area contributed by atoms with E-state index in [-0.39, 0.29) is 12.1 Å². The maximum absolute atomic E-state index is 12.4. The van der Waals surface area contributed by atoms with Crippen molar-refractivity contribution >= 4 is 6.03 Å². The zero-order chi connectivity index (χ0) is 16.2. The van der Waals surface area contributed by atoms with Gasteiger partial charge in [0, 0.05) is 25.0 Å². The minimum absolute atomic E-state index is 0.0250. The normalized spacial score (nSPS) is 20.0. The highest BCUT2D eigenvalue weighted by molar-refractivity contribution is 5.75. The molecule has 0 spiro atoms. The Morgan fingerprint density at radius 2 is 2.04 bits per heavy atom. The second kappa shape index (κ2) is 6.82. The lowest BCUT2D eigenvalue weighted by molar-refractivity contribution is 0.0594. The number of urea groups is 1. The summed E-state index contributed by atoms with van der Waals surface area (Å²) in [5, 5.41) is 3.03. The summed E-state index contributed by atoms with van der Waals surface area (Å²) in [6, 6.07) is 14.5. The summed E-state index contributed by atoms with van der Waals surface area (Å²) < 4.78 is 0. The number of pyridine rings is 1. The first-order valence-electron chi connectivity index (χ1n) is 8.16. The van der Waals surface area contributed by atoms with Crippen molar-refractivity contribution in [1.82, 2.24) is 15.2 Å². The molecule has 4 heteroatoms. The molecule has 23 heavy (non-hydrogen) atoms. The van der Waals surface area contributed by atoms with Crippen LogP contribution in [0.1, 0.15) is 29.8 Å². The molecule has 2 aromatic rings. The van der Waals surface area contributed by atoms with E-state index < -0.39 is 0 Å². The van der Waals surface area contributed by atoms with Crippen molar-refractivity contribution in [2.45, 2.75) is 26.3 Å². The van der Waals surface area contributed by atoms with Gasteiger partial charge >= 0.3 is 6.03 Å². The van der Waals surface area contributed by atoms with Crippen LogP contribution in [0.5, 0.6) is 0 Å². The Morgan fingerprint density at radius 3 is 2.70 bits per heavy atom. The number of hydrogen-bond acceptors (Lipinski definition) is 2. The number of hydrogen-bond donors (Lipinski definition) is 1. The molecule has 0 bridgehead atoms. The Kier molecular flexibility index (Phi) is 4.60. The van der Waals surface area contributed by atoms with Crippen molar-refractivity contribution in [2.75, 3.05) is 13.1 Å². The van der Waals surface area contributed by atoms with Crippen LogP contribution in [0.15, 0.2) is 48.7 Å². The predicted octanol–water partition coefficient (Wildman–Crippen LogP) is 3.34. The zero-order valence-electron chi connectivity index (χ0n) is 13.7. The highest BCUT2D eigenvalue weighted by Crippen LogP contribution is 2.38. The van der Waals surface area contributed by atoms with E-state index in [0.717, 1.165) is 24.2 Å². The summed E-state index contributed by atoms with van der Waals surface area (Å²) in [5.41, 5.74) is 3.37. The molecule has 1 saturated heterocycles. The molecular formula is C19H23N3O. The minimum atomic E-state index is 0.0250. The third-order valence-corrected chi connectivity index (χ3v) is 4.42. The Balaban J connectivity index is 1.53. The van der Waals surface area contributed by atoms with Crippen molar-refractivity contribution in [3.05, 3.63) is 65.5 Å². The van der Waals surface area contributed by atoms with Crippen molar-refractivity contribution in [1.29, 1.82) is 0 Å². The summed E-state index contributed by atoms with van der Waals surface area (Å²) >= 11 is 0. The van der Waals surface area contributed by atoms with E-state index in [2.05, 4.69) is 35.4 Å². The van der Waals surface area contributed by atoms with Crippen LogP contribution in [-0.2, 0) is 6.42 Å². The van der Waals surface area contributed by atoms with Gasteiger partial charge in [-0.05, 0) is 36.5 Å². The maximum Gasteiger partial charge on any atom is 0.317 e. The van der Waals surface area contributed by atoms with Crippen LogP contribution >= 0.6 is 0 Å². The molecule has 1 fully saturated rings. The van der Waals surface area contributed by atoms with Crippen molar-refractivity contribution in [3.63, 3.8) is 0 Å². The third-order valence-electron chi connectivity index (χ3n) is 4.42. The second-order valence-corrected chi connectivity index (χ2v) is 6.27. The van der Waals surface area contributed by atoms with Crippen molar-refractivity contribution in [2.24, 2.45) is 5.92 Å². The van der Waals surface area contributed by atoms with Crippen molar-refractivity contribution < 1.29 is 4.79 Å². The summed E-state index contributed by atoms with van der Waals surface area (Å²) in [5.74, 6) is 0.504. The van der Waals surface area contributed by atoms with Crippen LogP contribution in [0.2, 0.25) is 0 Å². The molecule has 2 heterocycles. The van der Waals surface area contributed by atoms with Gasteiger partial charge in [0.2, 0.25) is 0 Å². The van der Waals surface area contributed by atoms with E-state index in [1.165, 1.54) is 5.56 Å². The van der Waals surface area contributed by atoms with Crippen LogP contribution in [0.4, 0.5) is 4.79 Å². The van der Waals surface area contributed by atoms with E-state index >= 15 is 0 Å². The number of aryl methyl sites for hydroxylation is 1. The van der Waals surface area contributed by atoms with Gasteiger partial charge in [0.1, 0.15) is 0 Å². The average molecular weight is 309 g/mol. The lowest BCUT2D eigenvalue weighted by Crippen LogP contribution is -2.55. The van der Waals surface area contributed by atoms with Crippen LogP contribution in [0, 0.1) is 12.8 Å². The molecule has 2 unspecified atom stereocenters. The van der Waals surface area contributed by atoms with Gasteiger partial charge in [-0.3, -0.25) is 4.98 Å². The predicted molar refractivity (Wildman–Crippen MR) is 91.1 cm³/mol. The molecule has 3 rings (SSSR count). The second-order valence-electron chi connectivity index (χ2n) is 6.27. The van der Waals surface area contributed by atoms with Crippen LogP contribution in [0.3, 0.4) is 0 Å². The number of aromatic nitrogens is 1. The van der Waals surface area contributed by atoms with Crippen LogP contribution in [0.25, 0.3) is 0 Å². The number of carbonyl (C=O) groups is 1. The van der Waals surface area contributed by atoms with Gasteiger partial charge in [-0.15, -0.1) is 0 Å². The topological polar surface area (TPSA) is 45.2 Å². The number of amides is 2. The molecule has 1 N–H and O–H groups in total. The minimum Gasteiger partial charge on any atom is -0.338 e. The largest absolute Gasteiger partial charge is 0.338 e. The molecule has 0 aliphatic carbocycles. The number of benzene rings is 1. The van der Waals surface area contributed by atoms with E-state index in [0.29, 0.717) is 12.5 Å². The highest BCUT2D eigenvalue weighted by atomic mass is 16.2. The first-order valence-corrected chi connectivity index (χ1v) is 8.16. The van der Waals surface area contributed by atoms with Crippen LogP contribution in [-0.4, -0.2) is 29.0 Å². The number of nitrogens with zero attached hydrogens (tertiary/aromatic N) is 2. The monoisotopic (exact) mass is 309 g/mol. The molecule has 2 amide bonds. The highest BCUT2D eigenvalue weighted by Gasteiger charge is 2.39. The summed E-state index contributed by atoms with van der Waals surface area (Å²) in [7, 11) is 0. The number of likely N-dealkylation sites (tertiary alicyclic amines) is 1. The first kappa shape index (κ1) is 15.5. The molecular weight excluding hydrogens is 286 g/mol. The molecule has 0 radical (unpaired) electrons. The van der Waals surface area contributed by atoms with Gasteiger partial charge in [0.25, 0.3) is 0 Å².